The highest BCUT2D eigenvalue weighted by atomic mass is 19.1. The van der Waals surface area contributed by atoms with Crippen molar-refractivity contribution < 1.29 is 23.6 Å². The summed E-state index contributed by atoms with van der Waals surface area (Å²) in [5.74, 6) is -1.50. The Kier molecular flexibility index (Phi) is 5.24. The van der Waals surface area contributed by atoms with Crippen molar-refractivity contribution in [3.63, 3.8) is 0 Å². The van der Waals surface area contributed by atoms with E-state index < -0.39 is 16.7 Å². The van der Waals surface area contributed by atoms with Crippen molar-refractivity contribution in [2.24, 2.45) is 0 Å². The molecule has 0 amide bonds. The van der Waals surface area contributed by atoms with E-state index in [-0.39, 0.29) is 35.8 Å². The minimum absolute atomic E-state index is 0.135. The summed E-state index contributed by atoms with van der Waals surface area (Å²) < 4.78 is 23.8. The molecule has 0 radical (unpaired) electrons. The molecule has 0 fully saturated rings. The lowest BCUT2D eigenvalue weighted by Crippen LogP contribution is -2.09. The van der Waals surface area contributed by atoms with Gasteiger partial charge in [0.15, 0.2) is 11.6 Å². The summed E-state index contributed by atoms with van der Waals surface area (Å²) in [7, 11) is 0. The number of para-hydroxylation sites is 2. The number of nitro benzene ring substituents is 1. The number of esters is 1. The Morgan fingerprint density at radius 1 is 1.17 bits per heavy atom. The average Bonchev–Trinajstić information content (AvgIpc) is 2.49. The maximum absolute atomic E-state index is 13.7. The van der Waals surface area contributed by atoms with Gasteiger partial charge in [0.05, 0.1) is 18.0 Å². The summed E-state index contributed by atoms with van der Waals surface area (Å²) in [4.78, 5) is 22.2. The molecule has 120 valence electrons. The van der Waals surface area contributed by atoms with Gasteiger partial charge in [-0.25, -0.2) is 4.39 Å². The molecule has 0 N–H and O–H groups in total. The van der Waals surface area contributed by atoms with Gasteiger partial charge in [0, 0.05) is 5.56 Å². The number of carbonyl (C=O) groups excluding carboxylic acids is 1. The molecular weight excluding hydrogens is 305 g/mol. The van der Waals surface area contributed by atoms with Crippen LogP contribution in [-0.2, 0) is 16.0 Å². The third kappa shape index (κ3) is 4.03. The SMILES string of the molecule is CCOC(=O)Cc1cccc(Oc2ccccc2F)c1[N+](=O)[O-]. The van der Waals surface area contributed by atoms with Crippen LogP contribution in [0, 0.1) is 15.9 Å². The zero-order chi connectivity index (χ0) is 16.8. The second-order valence-electron chi connectivity index (χ2n) is 4.54. The molecule has 0 aliphatic carbocycles. The standard InChI is InChI=1S/C16H14FNO5/c1-2-22-15(19)10-11-6-5-9-14(16(11)18(20)21)23-13-8-4-3-7-12(13)17/h3-9H,2,10H2,1H3. The van der Waals surface area contributed by atoms with E-state index in [1.165, 1.54) is 36.4 Å². The Morgan fingerprint density at radius 2 is 1.87 bits per heavy atom. The van der Waals surface area contributed by atoms with Crippen LogP contribution in [-0.4, -0.2) is 17.5 Å². The van der Waals surface area contributed by atoms with Crippen molar-refractivity contribution >= 4 is 11.7 Å². The number of nitrogens with zero attached hydrogens (tertiary/aromatic N) is 1. The van der Waals surface area contributed by atoms with E-state index in [9.17, 15) is 19.3 Å². The molecule has 0 bridgehead atoms. The molecule has 7 heteroatoms. The van der Waals surface area contributed by atoms with Crippen molar-refractivity contribution in [2.45, 2.75) is 13.3 Å². The molecular formula is C16H14FNO5. The van der Waals surface area contributed by atoms with Crippen LogP contribution in [0.1, 0.15) is 12.5 Å². The fourth-order valence-electron chi connectivity index (χ4n) is 2.01. The van der Waals surface area contributed by atoms with Gasteiger partial charge in [0.25, 0.3) is 0 Å². The second-order valence-corrected chi connectivity index (χ2v) is 4.54. The molecule has 0 aromatic heterocycles. The van der Waals surface area contributed by atoms with Crippen LogP contribution >= 0.6 is 0 Å². The van der Waals surface area contributed by atoms with Crippen LogP contribution in [0.15, 0.2) is 42.5 Å². The van der Waals surface area contributed by atoms with Crippen LogP contribution in [0.3, 0.4) is 0 Å². The van der Waals surface area contributed by atoms with Gasteiger partial charge >= 0.3 is 11.7 Å². The van der Waals surface area contributed by atoms with Gasteiger partial charge in [-0.05, 0) is 25.1 Å². The van der Waals surface area contributed by atoms with Gasteiger partial charge in [0.1, 0.15) is 0 Å². The van der Waals surface area contributed by atoms with Crippen LogP contribution in [0.25, 0.3) is 0 Å². The van der Waals surface area contributed by atoms with Gasteiger partial charge in [-0.15, -0.1) is 0 Å². The highest BCUT2D eigenvalue weighted by molar-refractivity contribution is 5.75. The molecule has 0 saturated carbocycles. The molecule has 2 rings (SSSR count). The maximum atomic E-state index is 13.7. The van der Waals surface area contributed by atoms with E-state index in [1.54, 1.807) is 13.0 Å². The van der Waals surface area contributed by atoms with Crippen molar-refractivity contribution in [1.82, 2.24) is 0 Å². The van der Waals surface area contributed by atoms with Crippen molar-refractivity contribution in [1.29, 1.82) is 0 Å². The van der Waals surface area contributed by atoms with Crippen LogP contribution in [0.2, 0.25) is 0 Å². The second kappa shape index (κ2) is 7.35. The summed E-state index contributed by atoms with van der Waals surface area (Å²) in [6.45, 7) is 1.82. The van der Waals surface area contributed by atoms with E-state index in [2.05, 4.69) is 0 Å². The first-order chi connectivity index (χ1) is 11.0. The van der Waals surface area contributed by atoms with Gasteiger partial charge in [-0.3, -0.25) is 14.9 Å². The number of halogens is 1. The molecule has 0 spiro atoms. The quantitative estimate of drug-likeness (QED) is 0.461. The smallest absolute Gasteiger partial charge is 0.315 e. The van der Waals surface area contributed by atoms with Gasteiger partial charge in [-0.2, -0.15) is 0 Å². The first-order valence-electron chi connectivity index (χ1n) is 6.87. The molecule has 2 aromatic carbocycles. The van der Waals surface area contributed by atoms with Gasteiger partial charge in [0.2, 0.25) is 5.75 Å². The first kappa shape index (κ1) is 16.4. The summed E-state index contributed by atoms with van der Waals surface area (Å²) in [5.41, 5.74) is -0.244. The highest BCUT2D eigenvalue weighted by Gasteiger charge is 2.24. The molecule has 6 nitrogen and oxygen atoms in total. The van der Waals surface area contributed by atoms with Gasteiger partial charge < -0.3 is 9.47 Å². The van der Waals surface area contributed by atoms with E-state index in [0.29, 0.717) is 0 Å². The lowest BCUT2D eigenvalue weighted by molar-refractivity contribution is -0.386. The van der Waals surface area contributed by atoms with Crippen molar-refractivity contribution in [2.75, 3.05) is 6.61 Å². The predicted octanol–water partition coefficient (Wildman–Crippen LogP) is 3.63. The predicted molar refractivity (Wildman–Crippen MR) is 79.9 cm³/mol. The Balaban J connectivity index is 2.38. The van der Waals surface area contributed by atoms with E-state index in [4.69, 9.17) is 9.47 Å². The Hall–Kier alpha value is -2.96. The number of ether oxygens (including phenoxy) is 2. The van der Waals surface area contributed by atoms with E-state index in [0.717, 1.165) is 0 Å². The minimum Gasteiger partial charge on any atom is -0.466 e. The molecule has 0 atom stereocenters. The zero-order valence-electron chi connectivity index (χ0n) is 12.3. The number of carbonyl (C=O) groups is 1. The van der Waals surface area contributed by atoms with Crippen molar-refractivity contribution in [3.05, 3.63) is 64.0 Å². The van der Waals surface area contributed by atoms with Gasteiger partial charge in [-0.1, -0.05) is 24.3 Å². The Labute approximate surface area is 131 Å². The summed E-state index contributed by atoms with van der Waals surface area (Å²) >= 11 is 0. The maximum Gasteiger partial charge on any atom is 0.315 e. The Morgan fingerprint density at radius 3 is 2.52 bits per heavy atom. The van der Waals surface area contributed by atoms with Crippen LogP contribution < -0.4 is 4.74 Å². The third-order valence-electron chi connectivity index (χ3n) is 2.96. The monoisotopic (exact) mass is 319 g/mol. The number of rotatable bonds is 6. The molecule has 0 aliphatic rings. The summed E-state index contributed by atoms with van der Waals surface area (Å²) in [6, 6.07) is 9.85. The Bertz CT molecular complexity index is 732. The van der Waals surface area contributed by atoms with Crippen molar-refractivity contribution in [3.8, 4) is 11.5 Å². The third-order valence-corrected chi connectivity index (χ3v) is 2.96. The summed E-state index contributed by atoms with van der Waals surface area (Å²) in [5, 5.41) is 11.3. The zero-order valence-corrected chi connectivity index (χ0v) is 12.3. The average molecular weight is 319 g/mol. The first-order valence-corrected chi connectivity index (χ1v) is 6.87. The lowest BCUT2D eigenvalue weighted by Gasteiger charge is -2.10. The molecule has 0 unspecified atom stereocenters. The fraction of sp³-hybridized carbons (Fsp3) is 0.188. The van der Waals surface area contributed by atoms with Crippen LogP contribution in [0.4, 0.5) is 10.1 Å². The lowest BCUT2D eigenvalue weighted by atomic mass is 10.1. The van der Waals surface area contributed by atoms with E-state index in [1.807, 2.05) is 0 Å². The topological polar surface area (TPSA) is 78.7 Å². The highest BCUT2D eigenvalue weighted by Crippen LogP contribution is 2.35. The molecule has 0 aliphatic heterocycles. The largest absolute Gasteiger partial charge is 0.466 e. The molecule has 0 heterocycles. The number of nitro groups is 1. The normalized spacial score (nSPS) is 10.2. The minimum atomic E-state index is -0.662. The molecule has 23 heavy (non-hydrogen) atoms. The van der Waals surface area contributed by atoms with E-state index >= 15 is 0 Å². The number of hydrogen-bond acceptors (Lipinski definition) is 5. The van der Waals surface area contributed by atoms with Crippen LogP contribution in [0.5, 0.6) is 11.5 Å². The fourth-order valence-corrected chi connectivity index (χ4v) is 2.01. The number of hydrogen-bond donors (Lipinski definition) is 0. The number of benzene rings is 2. The summed E-state index contributed by atoms with van der Waals surface area (Å²) in [6.07, 6.45) is -0.265. The molecule has 2 aromatic rings. The molecule has 0 saturated heterocycles.